The van der Waals surface area contributed by atoms with E-state index in [1.807, 2.05) is 0 Å². The van der Waals surface area contributed by atoms with Crippen molar-refractivity contribution < 1.29 is 61.1 Å². The fourth-order valence-corrected chi connectivity index (χ4v) is 8.53. The van der Waals surface area contributed by atoms with Gasteiger partial charge in [-0.1, -0.05) is 0 Å². The van der Waals surface area contributed by atoms with Crippen LogP contribution >= 0.6 is 15.6 Å². The standard InChI is InChI=1S/C26H31FN8O13P2/c27-16-19-14(46-25(16)34-6-12-2-1-3-28-21-15(12)22(34)30-9-29-21)8-44-50(41,42)48-20-18(37)13(7-43-49(39,40)47-19)45-26(20)35-11-31-17-23(35)32-10-33(4-5-36)24(17)38/h6,9-11,13-14,16,18-20,25-26,36-37H,1-5,7-8H2,(H,39,40)(H,41,42)(H,28,29,30)/t13-,14-,16-,18-,19-,20-,25-,26-/m1/s1. The van der Waals surface area contributed by atoms with Crippen LogP contribution in [0.5, 0.6) is 0 Å². The zero-order chi connectivity index (χ0) is 34.9. The van der Waals surface area contributed by atoms with Gasteiger partial charge >= 0.3 is 15.6 Å². The average Bonchev–Trinajstić information content (AvgIpc) is 3.78. The molecular weight excluding hydrogens is 713 g/mol. The van der Waals surface area contributed by atoms with Gasteiger partial charge < -0.3 is 39.4 Å². The first-order valence-electron chi connectivity index (χ1n) is 15.5. The SMILES string of the molecule is O=c1c2ncn([C@@H]3O[C@@H]4COP(=O)(O)O[C@H]5[C@@H](F)[C@H](n6cc7c8c(ncnc86)NCCC7)O[C@@H]5COP(=O)(O)O[C@@H]3[C@@H]4O)c2ncn1CCO. The maximum Gasteiger partial charge on any atom is 0.472 e. The third-order valence-electron chi connectivity index (χ3n) is 8.94. The quantitative estimate of drug-likeness (QED) is 0.171. The minimum Gasteiger partial charge on any atom is -0.395 e. The second-order valence-corrected chi connectivity index (χ2v) is 14.8. The van der Waals surface area contributed by atoms with E-state index in [0.717, 1.165) is 33.8 Å². The number of aromatic nitrogens is 7. The van der Waals surface area contributed by atoms with Crippen molar-refractivity contribution in [2.45, 2.75) is 68.5 Å². The fourth-order valence-electron chi connectivity index (χ4n) is 6.64. The molecule has 24 heteroatoms. The highest BCUT2D eigenvalue weighted by Gasteiger charge is 2.54. The third-order valence-corrected chi connectivity index (χ3v) is 10.9. The highest BCUT2D eigenvalue weighted by atomic mass is 31.2. The van der Waals surface area contributed by atoms with E-state index >= 15 is 4.39 Å². The predicted octanol–water partition coefficient (Wildman–Crippen LogP) is -0.0999. The van der Waals surface area contributed by atoms with Crippen molar-refractivity contribution in [2.24, 2.45) is 0 Å². The molecule has 50 heavy (non-hydrogen) atoms. The molecule has 5 N–H and O–H groups in total. The molecule has 0 spiro atoms. The molecule has 21 nitrogen and oxygen atoms in total. The van der Waals surface area contributed by atoms with Crippen LogP contribution < -0.4 is 10.9 Å². The molecule has 2 unspecified atom stereocenters. The Balaban J connectivity index is 1.10. The van der Waals surface area contributed by atoms with Crippen LogP contribution in [0.15, 0.2) is 30.0 Å². The molecule has 0 radical (unpaired) electrons. The summed E-state index contributed by atoms with van der Waals surface area (Å²) in [5.74, 6) is 0.555. The lowest BCUT2D eigenvalue weighted by molar-refractivity contribution is -0.0670. The molecule has 0 aromatic carbocycles. The summed E-state index contributed by atoms with van der Waals surface area (Å²) in [5, 5.41) is 24.2. The van der Waals surface area contributed by atoms with Gasteiger partial charge in [0.25, 0.3) is 5.56 Å². The number of aliphatic hydroxyl groups excluding tert-OH is 2. The molecule has 270 valence electrons. The number of hydrogen-bond acceptors (Lipinski definition) is 16. The third kappa shape index (κ3) is 5.88. The summed E-state index contributed by atoms with van der Waals surface area (Å²) in [6.45, 7) is -1.44. The van der Waals surface area contributed by atoms with Gasteiger partial charge in [0.15, 0.2) is 29.8 Å². The molecule has 0 saturated carbocycles. The van der Waals surface area contributed by atoms with Crippen molar-refractivity contribution in [2.75, 3.05) is 31.7 Å². The van der Waals surface area contributed by atoms with Gasteiger partial charge in [-0.25, -0.2) is 33.5 Å². The first-order valence-corrected chi connectivity index (χ1v) is 18.5. The van der Waals surface area contributed by atoms with E-state index in [-0.39, 0.29) is 24.3 Å². The van der Waals surface area contributed by atoms with E-state index in [1.165, 1.54) is 10.9 Å². The van der Waals surface area contributed by atoms with Crippen LogP contribution in [0.4, 0.5) is 10.2 Å². The number of nitrogens with one attached hydrogen (secondary N) is 1. The van der Waals surface area contributed by atoms with Gasteiger partial charge in [0.05, 0.1) is 38.1 Å². The van der Waals surface area contributed by atoms with Gasteiger partial charge in [0.2, 0.25) is 0 Å². The zero-order valence-corrected chi connectivity index (χ0v) is 27.5. The lowest BCUT2D eigenvalue weighted by Gasteiger charge is -2.25. The predicted molar refractivity (Wildman–Crippen MR) is 163 cm³/mol. The molecule has 2 bridgehead atoms. The Morgan fingerprint density at radius 3 is 2.46 bits per heavy atom. The second kappa shape index (κ2) is 12.8. The minimum atomic E-state index is -5.15. The normalized spacial score (nSPS) is 36.3. The molecule has 8 rings (SSSR count). The highest BCUT2D eigenvalue weighted by molar-refractivity contribution is 7.47. The number of aryl methyl sites for hydroxylation is 1. The lowest BCUT2D eigenvalue weighted by atomic mass is 10.1. The van der Waals surface area contributed by atoms with E-state index in [1.54, 1.807) is 6.20 Å². The smallest absolute Gasteiger partial charge is 0.395 e. The topological polar surface area (TPSA) is 266 Å². The number of phosphoric ester groups is 2. The Hall–Kier alpha value is -3.24. The first kappa shape index (κ1) is 33.9. The summed E-state index contributed by atoms with van der Waals surface area (Å²) >= 11 is 0. The van der Waals surface area contributed by atoms with Crippen molar-refractivity contribution in [3.63, 3.8) is 0 Å². The van der Waals surface area contributed by atoms with E-state index < -0.39 is 83.6 Å². The molecule has 4 aromatic rings. The summed E-state index contributed by atoms with van der Waals surface area (Å²) in [6, 6.07) is 0. The molecule has 4 aliphatic rings. The van der Waals surface area contributed by atoms with Crippen LogP contribution in [-0.4, -0.2) is 117 Å². The van der Waals surface area contributed by atoms with Crippen molar-refractivity contribution >= 4 is 43.7 Å². The number of halogens is 1. The van der Waals surface area contributed by atoms with Crippen molar-refractivity contribution in [1.29, 1.82) is 0 Å². The van der Waals surface area contributed by atoms with Gasteiger partial charge in [-0.05, 0) is 18.4 Å². The summed E-state index contributed by atoms with van der Waals surface area (Å²) < 4.78 is 79.3. The number of imidazole rings is 1. The van der Waals surface area contributed by atoms with Gasteiger partial charge in [0.1, 0.15) is 54.6 Å². The number of nitrogens with zero attached hydrogens (tertiary/aromatic N) is 7. The van der Waals surface area contributed by atoms with Crippen LogP contribution in [0.2, 0.25) is 0 Å². The van der Waals surface area contributed by atoms with Crippen LogP contribution in [0.1, 0.15) is 24.4 Å². The molecule has 4 aromatic heterocycles. The Kier molecular flexibility index (Phi) is 8.65. The molecule has 0 amide bonds. The van der Waals surface area contributed by atoms with Gasteiger partial charge in [-0.3, -0.25) is 32.0 Å². The Morgan fingerprint density at radius 1 is 0.940 bits per heavy atom. The van der Waals surface area contributed by atoms with E-state index in [9.17, 15) is 33.9 Å². The summed E-state index contributed by atoms with van der Waals surface area (Å²) in [6.07, 6.45) is -6.89. The Bertz CT molecular complexity index is 2100. The largest absolute Gasteiger partial charge is 0.472 e. The number of phosphoric acid groups is 2. The molecule has 0 aliphatic carbocycles. The number of rotatable bonds is 4. The highest BCUT2D eigenvalue weighted by Crippen LogP contribution is 2.54. The van der Waals surface area contributed by atoms with E-state index in [0.29, 0.717) is 29.8 Å². The maximum absolute atomic E-state index is 16.3. The van der Waals surface area contributed by atoms with Gasteiger partial charge in [0, 0.05) is 12.7 Å². The maximum atomic E-state index is 16.3. The van der Waals surface area contributed by atoms with Crippen molar-refractivity contribution in [3.8, 4) is 0 Å². The number of aliphatic hydroxyl groups is 2. The molecule has 3 fully saturated rings. The zero-order valence-electron chi connectivity index (χ0n) is 25.7. The molecule has 3 saturated heterocycles. The summed E-state index contributed by atoms with van der Waals surface area (Å²) in [4.78, 5) is 51.2. The molecule has 8 heterocycles. The Morgan fingerprint density at radius 2 is 1.68 bits per heavy atom. The van der Waals surface area contributed by atoms with Gasteiger partial charge in [-0.2, -0.15) is 0 Å². The minimum absolute atomic E-state index is 0.0575. The molecule has 10 atom stereocenters. The van der Waals surface area contributed by atoms with E-state index in [4.69, 9.17) is 27.6 Å². The van der Waals surface area contributed by atoms with Crippen LogP contribution in [0.3, 0.4) is 0 Å². The van der Waals surface area contributed by atoms with Crippen LogP contribution in [0, 0.1) is 0 Å². The fraction of sp³-hybridized carbons (Fsp3) is 0.577. The van der Waals surface area contributed by atoms with E-state index in [2.05, 4.69) is 25.3 Å². The number of anilines is 1. The van der Waals surface area contributed by atoms with Crippen molar-refractivity contribution in [3.05, 3.63) is 41.1 Å². The van der Waals surface area contributed by atoms with Crippen molar-refractivity contribution in [1.82, 2.24) is 33.6 Å². The number of fused-ring (bicyclic) bond motifs is 4. The van der Waals surface area contributed by atoms with Crippen LogP contribution in [0.25, 0.3) is 22.2 Å². The van der Waals surface area contributed by atoms with Gasteiger partial charge in [-0.15, -0.1) is 0 Å². The molecular formula is C26H31FN8O13P2. The Labute approximate surface area is 279 Å². The first-order chi connectivity index (χ1) is 23.9. The second-order valence-electron chi connectivity index (χ2n) is 12.0. The van der Waals surface area contributed by atoms with Crippen LogP contribution in [-0.2, 0) is 49.7 Å². The molecule has 4 aliphatic heterocycles. The summed E-state index contributed by atoms with van der Waals surface area (Å²) in [7, 11) is -10.3. The average molecular weight is 745 g/mol. The number of hydrogen-bond donors (Lipinski definition) is 5. The summed E-state index contributed by atoms with van der Waals surface area (Å²) in [5.41, 5.74) is 0.318. The number of alkyl halides is 1. The monoisotopic (exact) mass is 744 g/mol. The lowest BCUT2D eigenvalue weighted by Crippen LogP contribution is -2.35. The number of ether oxygens (including phenoxy) is 2.